The monoisotopic (exact) mass is 600 g/mol. The molecule has 6 fully saturated rings. The van der Waals surface area contributed by atoms with Crippen LogP contribution in [0.5, 0.6) is 0 Å². The van der Waals surface area contributed by atoms with Gasteiger partial charge < -0.3 is 0 Å². The van der Waals surface area contributed by atoms with E-state index in [-0.39, 0.29) is 22.4 Å². The van der Waals surface area contributed by atoms with Gasteiger partial charge in [0.25, 0.3) is 0 Å². The summed E-state index contributed by atoms with van der Waals surface area (Å²) in [6.07, 6.45) is 15.0. The zero-order chi connectivity index (χ0) is 31.0. The van der Waals surface area contributed by atoms with Crippen molar-refractivity contribution in [3.63, 3.8) is 0 Å². The van der Waals surface area contributed by atoms with Crippen LogP contribution in [0.25, 0.3) is 0 Å². The van der Waals surface area contributed by atoms with E-state index < -0.39 is 12.3 Å². The third-order valence-corrected chi connectivity index (χ3v) is 14.6. The van der Waals surface area contributed by atoms with Crippen LogP contribution in [0.15, 0.2) is 59.1 Å². The molecule has 6 saturated carbocycles. The summed E-state index contributed by atoms with van der Waals surface area (Å²) in [7, 11) is 0. The van der Waals surface area contributed by atoms with Gasteiger partial charge in [0.15, 0.2) is 11.6 Å². The van der Waals surface area contributed by atoms with Crippen molar-refractivity contribution in [2.75, 3.05) is 0 Å². The molecule has 0 aliphatic heterocycles. The molecule has 0 N–H and O–H groups in total. The van der Waals surface area contributed by atoms with Crippen LogP contribution in [0.1, 0.15) is 104 Å². The molecule has 6 unspecified atom stereocenters. The van der Waals surface area contributed by atoms with E-state index in [0.717, 1.165) is 36.8 Å². The molecule has 0 aromatic heterocycles. The van der Waals surface area contributed by atoms with Crippen LogP contribution in [-0.4, -0.2) is 23.9 Å². The zero-order valence-corrected chi connectivity index (χ0v) is 26.8. The SMILES string of the molecule is C=C=C1CCC2C3C[C@@H](F)C4=CC(=O)CC[C@@H]4C3CC[C@]12C.C=C=C1CCC2C3C[C@H](F)C4=CC(=O)CC[C@@H]4C3CC[C@]12C. The van der Waals surface area contributed by atoms with E-state index in [2.05, 4.69) is 38.5 Å². The molecular weight excluding hydrogens is 550 g/mol. The Balaban J connectivity index is 0.000000142. The number of alkyl halides is 2. The Bertz CT molecular complexity index is 1300. The van der Waals surface area contributed by atoms with E-state index in [1.807, 2.05) is 0 Å². The lowest BCUT2D eigenvalue weighted by atomic mass is 9.51. The smallest absolute Gasteiger partial charge is 0.155 e. The number of carbonyl (C=O) groups is 2. The first-order valence-electron chi connectivity index (χ1n) is 17.6. The van der Waals surface area contributed by atoms with E-state index in [9.17, 15) is 18.4 Å². The highest BCUT2D eigenvalue weighted by atomic mass is 19.1. The van der Waals surface area contributed by atoms with Gasteiger partial charge in [-0.1, -0.05) is 27.0 Å². The highest BCUT2D eigenvalue weighted by Gasteiger charge is 2.57. The Labute approximate surface area is 262 Å². The minimum absolute atomic E-state index is 0.130. The van der Waals surface area contributed by atoms with Crippen LogP contribution in [-0.2, 0) is 9.59 Å². The highest BCUT2D eigenvalue weighted by Crippen LogP contribution is 2.65. The van der Waals surface area contributed by atoms with Crippen LogP contribution in [0.3, 0.4) is 0 Å². The van der Waals surface area contributed by atoms with Crippen molar-refractivity contribution in [3.8, 4) is 0 Å². The maximum absolute atomic E-state index is 14.8. The van der Waals surface area contributed by atoms with Crippen molar-refractivity contribution in [1.29, 1.82) is 0 Å². The van der Waals surface area contributed by atoms with Crippen molar-refractivity contribution < 1.29 is 18.4 Å². The molecule has 0 bridgehead atoms. The van der Waals surface area contributed by atoms with Crippen molar-refractivity contribution in [3.05, 3.63) is 59.1 Å². The Hall–Kier alpha value is -2.28. The Morgan fingerprint density at radius 2 is 1.05 bits per heavy atom. The molecule has 0 amide bonds. The van der Waals surface area contributed by atoms with Crippen LogP contribution in [0.4, 0.5) is 8.78 Å². The van der Waals surface area contributed by atoms with E-state index in [1.165, 1.54) is 49.7 Å². The minimum atomic E-state index is -0.894. The summed E-state index contributed by atoms with van der Waals surface area (Å²) in [5.41, 5.74) is 11.2. The molecule has 4 heteroatoms. The second kappa shape index (κ2) is 11.2. The Morgan fingerprint density at radius 1 is 0.636 bits per heavy atom. The average Bonchev–Trinajstić information content (AvgIpc) is 3.54. The number of carbonyl (C=O) groups excluding carboxylic acids is 2. The molecule has 0 saturated heterocycles. The van der Waals surface area contributed by atoms with Gasteiger partial charge in [0.1, 0.15) is 12.3 Å². The van der Waals surface area contributed by atoms with Crippen molar-refractivity contribution in [2.45, 2.75) is 116 Å². The summed E-state index contributed by atoms with van der Waals surface area (Å²) in [4.78, 5) is 23.4. The van der Waals surface area contributed by atoms with Crippen molar-refractivity contribution in [2.24, 2.45) is 58.2 Å². The molecule has 0 spiro atoms. The number of halogens is 2. The maximum atomic E-state index is 14.8. The first-order chi connectivity index (χ1) is 21.1. The van der Waals surface area contributed by atoms with Crippen LogP contribution in [0, 0.1) is 58.2 Å². The summed E-state index contributed by atoms with van der Waals surface area (Å²) in [5, 5.41) is 0. The number of fused-ring (bicyclic) bond motifs is 10. The standard InChI is InChI=1S/2C20H25FO/c2*1-3-12-4-7-18-16-11-19(21)17-10-13(22)5-6-14(17)15(16)8-9-20(12,18)2/h2*10,14-16,18-19H,1,4-9,11H2,2H3/t14-,15?,16?,18?,19+,20-;14-,15?,16?,18?,19-,20-/m11/s1. The lowest BCUT2D eigenvalue weighted by Gasteiger charge is -2.53. The average molecular weight is 601 g/mol. The van der Waals surface area contributed by atoms with Crippen LogP contribution >= 0.6 is 0 Å². The summed E-state index contributed by atoms with van der Waals surface area (Å²) < 4.78 is 29.5. The molecule has 8 rings (SSSR count). The van der Waals surface area contributed by atoms with Gasteiger partial charge in [-0.25, -0.2) is 8.78 Å². The maximum Gasteiger partial charge on any atom is 0.155 e. The van der Waals surface area contributed by atoms with Gasteiger partial charge in [-0.3, -0.25) is 9.59 Å². The fraction of sp³-hybridized carbons (Fsp3) is 0.700. The lowest BCUT2D eigenvalue weighted by Crippen LogP contribution is -2.47. The topological polar surface area (TPSA) is 34.1 Å². The molecule has 8 aliphatic rings. The third kappa shape index (κ3) is 4.60. The second-order valence-electron chi connectivity index (χ2n) is 16.1. The first-order valence-corrected chi connectivity index (χ1v) is 17.6. The predicted octanol–water partition coefficient (Wildman–Crippen LogP) is 9.57. The van der Waals surface area contributed by atoms with Gasteiger partial charge in [-0.05, 0) is 170 Å². The fourth-order valence-corrected chi connectivity index (χ4v) is 12.5. The fourth-order valence-electron chi connectivity index (χ4n) is 12.5. The molecule has 0 aromatic carbocycles. The highest BCUT2D eigenvalue weighted by molar-refractivity contribution is 5.92. The predicted molar refractivity (Wildman–Crippen MR) is 170 cm³/mol. The molecular formula is C40H50F2O2. The molecule has 236 valence electrons. The minimum Gasteiger partial charge on any atom is -0.295 e. The number of allylic oxidation sites excluding steroid dienone is 4. The van der Waals surface area contributed by atoms with Gasteiger partial charge in [0, 0.05) is 12.8 Å². The zero-order valence-electron chi connectivity index (χ0n) is 26.8. The van der Waals surface area contributed by atoms with E-state index in [0.29, 0.717) is 73.0 Å². The Kier molecular flexibility index (Phi) is 7.74. The number of ketones is 2. The molecule has 44 heavy (non-hydrogen) atoms. The lowest BCUT2D eigenvalue weighted by molar-refractivity contribution is -0.117. The molecule has 0 radical (unpaired) electrons. The number of rotatable bonds is 0. The molecule has 0 aromatic rings. The summed E-state index contributed by atoms with van der Waals surface area (Å²) in [6, 6.07) is 0. The van der Waals surface area contributed by atoms with Crippen LogP contribution in [0.2, 0.25) is 0 Å². The van der Waals surface area contributed by atoms with Crippen molar-refractivity contribution in [1.82, 2.24) is 0 Å². The second-order valence-corrected chi connectivity index (χ2v) is 16.1. The molecule has 8 aliphatic carbocycles. The number of hydrogen-bond donors (Lipinski definition) is 0. The summed E-state index contributed by atoms with van der Waals surface area (Å²) >= 11 is 0. The molecule has 12 atom stereocenters. The van der Waals surface area contributed by atoms with E-state index >= 15 is 0 Å². The van der Waals surface area contributed by atoms with Gasteiger partial charge >= 0.3 is 0 Å². The third-order valence-electron chi connectivity index (χ3n) is 14.6. The molecule has 0 heterocycles. The van der Waals surface area contributed by atoms with Gasteiger partial charge in [0.05, 0.1) is 0 Å². The number of hydrogen-bond acceptors (Lipinski definition) is 2. The first kappa shape index (κ1) is 30.4. The van der Waals surface area contributed by atoms with Crippen molar-refractivity contribution >= 4 is 11.6 Å². The van der Waals surface area contributed by atoms with Crippen LogP contribution < -0.4 is 0 Å². The van der Waals surface area contributed by atoms with Gasteiger partial charge in [0.2, 0.25) is 0 Å². The van der Waals surface area contributed by atoms with Gasteiger partial charge in [-0.2, -0.15) is 0 Å². The Morgan fingerprint density at radius 3 is 1.43 bits per heavy atom. The summed E-state index contributed by atoms with van der Waals surface area (Å²) in [5.74, 6) is 4.24. The van der Waals surface area contributed by atoms with Gasteiger partial charge in [-0.15, -0.1) is 11.5 Å². The molecule has 2 nitrogen and oxygen atoms in total. The normalized spacial score (nSPS) is 47.2. The largest absolute Gasteiger partial charge is 0.295 e. The van der Waals surface area contributed by atoms with E-state index in [1.54, 1.807) is 12.2 Å². The summed E-state index contributed by atoms with van der Waals surface area (Å²) in [6.45, 7) is 12.5. The quantitative estimate of drug-likeness (QED) is 0.260. The van der Waals surface area contributed by atoms with E-state index in [4.69, 9.17) is 0 Å².